The van der Waals surface area contributed by atoms with Crippen LogP contribution < -0.4 is 5.32 Å². The van der Waals surface area contributed by atoms with Crippen molar-refractivity contribution in [1.82, 2.24) is 65.8 Å². The number of fused-ring (bicyclic) bond motifs is 6. The highest BCUT2D eigenvalue weighted by atomic mass is 32.3. The number of aromatic nitrogens is 6. The first kappa shape index (κ1) is 70.2. The fraction of sp³-hybridized carbons (Fsp3) is 0.850. The highest BCUT2D eigenvalue weighted by Gasteiger charge is 2.51. The number of carbonyl (C=O) groups is 3. The maximum Gasteiger partial charge on any atom is 0.418 e. The van der Waals surface area contributed by atoms with Gasteiger partial charge in [0.15, 0.2) is 0 Å². The summed E-state index contributed by atoms with van der Waals surface area (Å²) in [5, 5.41) is 39.7. The van der Waals surface area contributed by atoms with Crippen molar-refractivity contribution in [2.24, 2.45) is 17.8 Å². The van der Waals surface area contributed by atoms with Crippen LogP contribution in [-0.4, -0.2) is 191 Å². The van der Waals surface area contributed by atoms with E-state index in [4.69, 9.17) is 17.8 Å². The zero-order valence-electron chi connectivity index (χ0n) is 53.9. The molecule has 9 fully saturated rings. The zero-order valence-corrected chi connectivity index (χ0v) is 55.5. The van der Waals surface area contributed by atoms with Crippen LogP contribution in [0.15, 0.2) is 13.3 Å². The first-order chi connectivity index (χ1) is 43.8. The highest BCUT2D eigenvalue weighted by Crippen LogP contribution is 2.41. The first-order valence-electron chi connectivity index (χ1n) is 34.1. The normalized spacial score (nSPS) is 24.2. The van der Waals surface area contributed by atoms with E-state index in [1.807, 2.05) is 0 Å². The highest BCUT2D eigenvalue weighted by molar-refractivity contribution is 7.81. The van der Waals surface area contributed by atoms with Crippen LogP contribution in [0.4, 0.5) is 14.4 Å². The maximum atomic E-state index is 12.4. The van der Waals surface area contributed by atoms with Gasteiger partial charge in [0.25, 0.3) is 0 Å². The predicted molar refractivity (Wildman–Crippen MR) is 326 cm³/mol. The van der Waals surface area contributed by atoms with Gasteiger partial charge in [-0.05, 0) is 134 Å². The van der Waals surface area contributed by atoms with Crippen LogP contribution in [0.1, 0.15) is 248 Å². The van der Waals surface area contributed by atoms with Gasteiger partial charge in [0, 0.05) is 38.9 Å². The minimum Gasteiger partial charge on any atom is -0.724 e. The lowest BCUT2D eigenvalue weighted by atomic mass is 9.82. The molecule has 31 heteroatoms. The van der Waals surface area contributed by atoms with E-state index in [-0.39, 0.29) is 31.2 Å². The number of quaternary nitrogens is 1. The van der Waals surface area contributed by atoms with Gasteiger partial charge in [-0.25, -0.2) is 27.9 Å². The van der Waals surface area contributed by atoms with E-state index in [1.165, 1.54) is 143 Å². The van der Waals surface area contributed by atoms with Gasteiger partial charge in [-0.1, -0.05) is 91.9 Å². The van der Waals surface area contributed by atoms with Gasteiger partial charge in [0.1, 0.15) is 18.1 Å². The topological polar surface area (TPSA) is 350 Å². The molecule has 7 aliphatic heterocycles. The Morgan fingerprint density at radius 2 is 0.868 bits per heavy atom. The molecule has 9 aliphatic rings. The standard InChI is InChI=1S/C16H36N.C15H22N4O6S.C15H22N4O3.C14H21N5O6S/c1-5-9-13-17(14-10-6-2,15-11-7-3)16-12-8-4;20-15-18-9-11(19(15)25-26(21,22)23)7-8-12(18)14-17-16-13(24-14)6-2-5-10-3-1-4-10;20-15-18-9-11(19(15)21)7-8-12(18)14-17-16-13(22-14)6-2-5-10-3-1-4-10;20-14-18-8-10(19(14)25-26(21,22)23)4-5-11(18)13-17-16-12(24-13)3-1-2-9-6-15-7-9/h5-16H2,1-4H3;10-12H,1-9H2,(H,21,22,23);10-12,21H,1-9H2;9-11,15H,1-8H2,(H,21,22,23)/q+1;;;/p-1/t;2*11-,12+;10-,11+/m.111/s1. The molecule has 7 saturated heterocycles. The molecule has 3 aromatic heterocycles. The van der Waals surface area contributed by atoms with Crippen molar-refractivity contribution in [3.8, 4) is 0 Å². The van der Waals surface area contributed by atoms with E-state index in [9.17, 15) is 41.0 Å². The van der Waals surface area contributed by atoms with Crippen LogP contribution in [0.3, 0.4) is 0 Å². The number of aryl methyl sites for hydroxylation is 3. The lowest BCUT2D eigenvalue weighted by molar-refractivity contribution is -0.929. The van der Waals surface area contributed by atoms with Gasteiger partial charge in [0.05, 0.1) is 44.3 Å². The summed E-state index contributed by atoms with van der Waals surface area (Å²) in [5.74, 6) is 5.45. The summed E-state index contributed by atoms with van der Waals surface area (Å²) in [6.07, 6.45) is 31.6. The number of amides is 6. The Morgan fingerprint density at radius 3 is 1.21 bits per heavy atom. The minimum atomic E-state index is -4.99. The lowest BCUT2D eigenvalue weighted by Crippen LogP contribution is -2.50. The molecule has 3 N–H and O–H groups in total. The number of nitrogens with one attached hydrogen (secondary N) is 1. The average molecular weight is 1320 g/mol. The number of urea groups is 3. The van der Waals surface area contributed by atoms with Crippen LogP contribution in [0.2, 0.25) is 0 Å². The Hall–Kier alpha value is -5.15. The molecule has 0 aromatic carbocycles. The molecular weight excluding hydrogens is 1220 g/mol. The molecule has 12 rings (SSSR count). The molecule has 6 amide bonds. The Bertz CT molecular complexity index is 2850. The predicted octanol–water partition coefficient (Wildman–Crippen LogP) is 9.34. The van der Waals surface area contributed by atoms with E-state index >= 15 is 0 Å². The third-order valence-electron chi connectivity index (χ3n) is 19.9. The Balaban J connectivity index is 0.000000146. The molecule has 10 heterocycles. The smallest absolute Gasteiger partial charge is 0.418 e. The fourth-order valence-electron chi connectivity index (χ4n) is 14.0. The second-order valence-electron chi connectivity index (χ2n) is 26.6. The summed E-state index contributed by atoms with van der Waals surface area (Å²) in [4.78, 5) is 41.2. The number of hydrogen-bond donors (Lipinski definition) is 3. The first-order valence-corrected chi connectivity index (χ1v) is 36.8. The van der Waals surface area contributed by atoms with E-state index in [0.717, 1.165) is 87.3 Å². The summed E-state index contributed by atoms with van der Waals surface area (Å²) in [7, 11) is -9.74. The van der Waals surface area contributed by atoms with Crippen molar-refractivity contribution >= 4 is 38.9 Å². The molecule has 0 spiro atoms. The molecule has 6 bridgehead atoms. The molecule has 29 nitrogen and oxygen atoms in total. The van der Waals surface area contributed by atoms with E-state index in [2.05, 4.69) is 72.2 Å². The van der Waals surface area contributed by atoms with Gasteiger partial charge >= 0.3 is 28.5 Å². The maximum absolute atomic E-state index is 12.4. The average Bonchev–Trinajstić information content (AvgIpc) is 1.65. The molecule has 2 saturated carbocycles. The minimum absolute atomic E-state index is 0.0892. The molecule has 3 aromatic rings. The SMILES string of the molecule is CCCC[N+](CCCC)(CCCC)CCCC.O=C1N(O)[C@@H]2CC[C@@H](c3nnc(CCCC4CCC4)o3)N1C2.O=C1N2C[C@@H](CC[C@H]2c2nnc(CCCC3CCC3)o2)N1OS(=O)(=O)[O-].O=C1N2C[C@@H](CC[C@H]2c2nnc(CCCC3CNC3)o2)N1OS(=O)(=O)O. The van der Waals surface area contributed by atoms with E-state index < -0.39 is 57.0 Å². The summed E-state index contributed by atoms with van der Waals surface area (Å²) in [5.41, 5.74) is 0. The Kier molecular flexibility index (Phi) is 25.3. The van der Waals surface area contributed by atoms with Crippen LogP contribution in [0, 0.1) is 17.8 Å². The summed E-state index contributed by atoms with van der Waals surface area (Å²) in [6, 6.07) is -3.65. The number of hydroxylamine groups is 6. The van der Waals surface area contributed by atoms with Crippen LogP contribution in [0.5, 0.6) is 0 Å². The van der Waals surface area contributed by atoms with Gasteiger partial charge in [0.2, 0.25) is 45.7 Å². The third kappa shape index (κ3) is 19.1. The number of piperidine rings is 3. The number of nitrogens with zero attached hydrogens (tertiary/aromatic N) is 13. The number of unbranched alkanes of at least 4 members (excludes halogenated alkanes) is 4. The van der Waals surface area contributed by atoms with Gasteiger partial charge in [-0.3, -0.25) is 9.76 Å². The second-order valence-corrected chi connectivity index (χ2v) is 28.5. The van der Waals surface area contributed by atoms with Gasteiger partial charge in [-0.2, -0.15) is 22.8 Å². The Labute approximate surface area is 536 Å². The summed E-state index contributed by atoms with van der Waals surface area (Å²) < 4.78 is 90.5. The largest absolute Gasteiger partial charge is 0.724 e. The quantitative estimate of drug-likeness (QED) is 0.0234. The zero-order chi connectivity index (χ0) is 64.7. The van der Waals surface area contributed by atoms with Crippen molar-refractivity contribution in [2.45, 2.75) is 250 Å². The van der Waals surface area contributed by atoms with Crippen molar-refractivity contribution < 1.29 is 71.8 Å². The molecule has 2 aliphatic carbocycles. The van der Waals surface area contributed by atoms with Crippen LogP contribution in [0.25, 0.3) is 0 Å². The molecule has 6 atom stereocenters. The summed E-state index contributed by atoms with van der Waals surface area (Å²) in [6.45, 7) is 18.2. The van der Waals surface area contributed by atoms with Crippen molar-refractivity contribution in [1.29, 1.82) is 0 Å². The van der Waals surface area contributed by atoms with Gasteiger partial charge < -0.3 is 42.3 Å². The molecule has 0 unspecified atom stereocenters. The van der Waals surface area contributed by atoms with Crippen molar-refractivity contribution in [3.63, 3.8) is 0 Å². The molecule has 0 radical (unpaired) electrons. The molecule has 91 heavy (non-hydrogen) atoms. The molecular formula is C60H100N14O15S2. The van der Waals surface area contributed by atoms with Crippen LogP contribution >= 0.6 is 0 Å². The number of hydrogen-bond acceptors (Lipinski definition) is 21. The fourth-order valence-corrected chi connectivity index (χ4v) is 14.7. The monoisotopic (exact) mass is 1320 g/mol. The van der Waals surface area contributed by atoms with E-state index in [1.54, 1.807) is 4.90 Å². The van der Waals surface area contributed by atoms with Crippen molar-refractivity contribution in [2.75, 3.05) is 58.9 Å². The third-order valence-corrected chi connectivity index (χ3v) is 20.6. The van der Waals surface area contributed by atoms with Crippen molar-refractivity contribution in [3.05, 3.63) is 35.3 Å². The summed E-state index contributed by atoms with van der Waals surface area (Å²) >= 11 is 0. The number of rotatable bonds is 31. The molecule has 512 valence electrons. The van der Waals surface area contributed by atoms with E-state index in [0.29, 0.717) is 84.1 Å². The second kappa shape index (κ2) is 32.8. The lowest BCUT2D eigenvalue weighted by Gasteiger charge is -2.39. The number of carbonyl (C=O) groups excluding carboxylic acids is 3. The van der Waals surface area contributed by atoms with Crippen LogP contribution in [-0.2, 0) is 48.6 Å². The Morgan fingerprint density at radius 1 is 0.505 bits per heavy atom. The van der Waals surface area contributed by atoms with Gasteiger partial charge in [-0.15, -0.1) is 34.9 Å².